The number of nitrogens with zero attached hydrogens (tertiary/aromatic N) is 1. The van der Waals surface area contributed by atoms with E-state index in [2.05, 4.69) is 26.8 Å². The molecule has 1 aromatic carbocycles. The van der Waals surface area contributed by atoms with Crippen LogP contribution in [0.2, 0.25) is 0 Å². The quantitative estimate of drug-likeness (QED) is 0.755. The van der Waals surface area contributed by atoms with Crippen LogP contribution < -0.4 is 4.90 Å². The van der Waals surface area contributed by atoms with Crippen LogP contribution in [-0.2, 0) is 20.7 Å². The first-order chi connectivity index (χ1) is 12.3. The van der Waals surface area contributed by atoms with Gasteiger partial charge in [0.25, 0.3) is 5.91 Å². The lowest BCUT2D eigenvalue weighted by Gasteiger charge is -2.36. The highest BCUT2D eigenvalue weighted by atomic mass is 16.5. The molecule has 0 saturated heterocycles. The van der Waals surface area contributed by atoms with E-state index < -0.39 is 0 Å². The number of benzene rings is 1. The molecule has 1 fully saturated rings. The summed E-state index contributed by atoms with van der Waals surface area (Å²) in [7, 11) is 0. The highest BCUT2D eigenvalue weighted by Gasteiger charge is 2.34. The summed E-state index contributed by atoms with van der Waals surface area (Å²) >= 11 is 0. The minimum Gasteiger partial charge on any atom is -0.455 e. The lowest BCUT2D eigenvalue weighted by atomic mass is 9.70. The van der Waals surface area contributed by atoms with Gasteiger partial charge in [0.05, 0.1) is 5.92 Å². The molecule has 0 aromatic heterocycles. The lowest BCUT2D eigenvalue weighted by Crippen LogP contribution is -2.39. The Hall–Kier alpha value is -1.84. The van der Waals surface area contributed by atoms with Crippen molar-refractivity contribution in [2.45, 2.75) is 65.8 Å². The molecule has 2 aliphatic rings. The Morgan fingerprint density at radius 3 is 2.42 bits per heavy atom. The van der Waals surface area contributed by atoms with Crippen molar-refractivity contribution in [3.05, 3.63) is 29.8 Å². The topological polar surface area (TPSA) is 46.6 Å². The summed E-state index contributed by atoms with van der Waals surface area (Å²) in [5.41, 5.74) is 2.43. The van der Waals surface area contributed by atoms with Crippen LogP contribution in [0.4, 0.5) is 5.69 Å². The van der Waals surface area contributed by atoms with Crippen molar-refractivity contribution in [2.75, 3.05) is 11.5 Å². The molecule has 142 valence electrons. The summed E-state index contributed by atoms with van der Waals surface area (Å²) in [6, 6.07) is 8.07. The number of hydrogen-bond donors (Lipinski definition) is 0. The zero-order chi connectivity index (χ0) is 18.9. The van der Waals surface area contributed by atoms with Gasteiger partial charge in [-0.25, -0.2) is 0 Å². The molecule has 0 unspecified atom stereocenters. The van der Waals surface area contributed by atoms with E-state index in [-0.39, 0.29) is 30.4 Å². The number of amides is 1. The van der Waals surface area contributed by atoms with Gasteiger partial charge in [-0.1, -0.05) is 39.0 Å². The molecule has 0 radical (unpaired) electrons. The Morgan fingerprint density at radius 2 is 1.77 bits per heavy atom. The van der Waals surface area contributed by atoms with Crippen LogP contribution in [0, 0.1) is 17.3 Å². The van der Waals surface area contributed by atoms with Gasteiger partial charge >= 0.3 is 5.97 Å². The van der Waals surface area contributed by atoms with Crippen molar-refractivity contribution in [1.29, 1.82) is 0 Å². The molecule has 0 spiro atoms. The molecule has 1 saturated carbocycles. The highest BCUT2D eigenvalue weighted by molar-refractivity contribution is 5.97. The number of fused-ring (bicyclic) bond motifs is 1. The second kappa shape index (κ2) is 7.42. The molecule has 1 heterocycles. The molecular formula is C22H31NO3. The van der Waals surface area contributed by atoms with Gasteiger partial charge in [0.2, 0.25) is 0 Å². The van der Waals surface area contributed by atoms with Gasteiger partial charge < -0.3 is 9.64 Å². The molecule has 4 heteroatoms. The maximum atomic E-state index is 12.6. The maximum absolute atomic E-state index is 12.6. The first-order valence-electron chi connectivity index (χ1n) is 9.84. The summed E-state index contributed by atoms with van der Waals surface area (Å²) in [6.07, 6.45) is 4.73. The zero-order valence-corrected chi connectivity index (χ0v) is 16.5. The minimum absolute atomic E-state index is 0.0512. The number of esters is 1. The summed E-state index contributed by atoms with van der Waals surface area (Å²) in [6.45, 7) is 8.68. The molecule has 4 nitrogen and oxygen atoms in total. The number of carbonyl (C=O) groups is 2. The van der Waals surface area contributed by atoms with Gasteiger partial charge in [-0.3, -0.25) is 9.59 Å². The van der Waals surface area contributed by atoms with E-state index in [0.29, 0.717) is 11.3 Å². The average Bonchev–Trinajstić information content (AvgIpc) is 2.94. The van der Waals surface area contributed by atoms with Gasteiger partial charge in [-0.15, -0.1) is 0 Å². The maximum Gasteiger partial charge on any atom is 0.309 e. The average molecular weight is 357 g/mol. The molecule has 0 bridgehead atoms. The SMILES string of the molecule is C[C@@H]1Cc2ccccc2N1C(=O)COC(=O)C1CCC(C(C)(C)C)CC1. The number of para-hydroxylation sites is 1. The Morgan fingerprint density at radius 1 is 1.12 bits per heavy atom. The third-order valence-corrected chi connectivity index (χ3v) is 6.10. The Bertz CT molecular complexity index is 668. The molecule has 3 rings (SSSR count). The van der Waals surface area contributed by atoms with Gasteiger partial charge in [-0.2, -0.15) is 0 Å². The van der Waals surface area contributed by atoms with E-state index >= 15 is 0 Å². The highest BCUT2D eigenvalue weighted by Crippen LogP contribution is 2.40. The van der Waals surface area contributed by atoms with E-state index in [4.69, 9.17) is 4.74 Å². The standard InChI is InChI=1S/C22H31NO3/c1-15-13-17-7-5-6-8-19(17)23(15)20(24)14-26-21(25)16-9-11-18(12-10-16)22(2,3)4/h5-8,15-16,18H,9-14H2,1-4H3/t15-,16?,18?/m1/s1. The Labute approximate surface area is 156 Å². The summed E-state index contributed by atoms with van der Waals surface area (Å²) in [5.74, 6) is 0.282. The number of carbonyl (C=O) groups excluding carboxylic acids is 2. The normalized spacial score (nSPS) is 25.7. The van der Waals surface area contributed by atoms with Crippen LogP contribution in [0.15, 0.2) is 24.3 Å². The third kappa shape index (κ3) is 3.94. The van der Waals surface area contributed by atoms with Crippen molar-refractivity contribution in [3.63, 3.8) is 0 Å². The lowest BCUT2D eigenvalue weighted by molar-refractivity contribution is -0.153. The molecule has 1 amide bonds. The van der Waals surface area contributed by atoms with E-state index in [0.717, 1.165) is 37.8 Å². The fourth-order valence-electron chi connectivity index (χ4n) is 4.46. The molecule has 1 atom stereocenters. The minimum atomic E-state index is -0.203. The van der Waals surface area contributed by atoms with Gasteiger partial charge in [0.1, 0.15) is 0 Å². The van der Waals surface area contributed by atoms with Crippen LogP contribution in [0.3, 0.4) is 0 Å². The molecule has 1 aliphatic carbocycles. The van der Waals surface area contributed by atoms with E-state index in [1.165, 1.54) is 5.56 Å². The van der Waals surface area contributed by atoms with Crippen molar-refractivity contribution >= 4 is 17.6 Å². The van der Waals surface area contributed by atoms with Crippen LogP contribution in [-0.4, -0.2) is 24.5 Å². The molecule has 26 heavy (non-hydrogen) atoms. The number of ether oxygens (including phenoxy) is 1. The first kappa shape index (κ1) is 18.9. The zero-order valence-electron chi connectivity index (χ0n) is 16.5. The van der Waals surface area contributed by atoms with Crippen LogP contribution >= 0.6 is 0 Å². The van der Waals surface area contributed by atoms with Crippen molar-refractivity contribution in [3.8, 4) is 0 Å². The van der Waals surface area contributed by atoms with E-state index in [1.807, 2.05) is 25.1 Å². The molecular weight excluding hydrogens is 326 g/mol. The van der Waals surface area contributed by atoms with Gasteiger partial charge in [0, 0.05) is 11.7 Å². The molecule has 1 aromatic rings. The van der Waals surface area contributed by atoms with Crippen molar-refractivity contribution < 1.29 is 14.3 Å². The fraction of sp³-hybridized carbons (Fsp3) is 0.636. The fourth-order valence-corrected chi connectivity index (χ4v) is 4.46. The van der Waals surface area contributed by atoms with Gasteiger partial charge in [0.15, 0.2) is 6.61 Å². The summed E-state index contributed by atoms with van der Waals surface area (Å²) < 4.78 is 5.41. The molecule has 1 aliphatic heterocycles. The monoisotopic (exact) mass is 357 g/mol. The Kier molecular flexibility index (Phi) is 5.40. The second-order valence-corrected chi connectivity index (χ2v) is 8.97. The third-order valence-electron chi connectivity index (χ3n) is 6.10. The Balaban J connectivity index is 1.52. The number of anilines is 1. The first-order valence-corrected chi connectivity index (χ1v) is 9.84. The predicted octanol–water partition coefficient (Wildman–Crippen LogP) is 4.36. The van der Waals surface area contributed by atoms with Crippen LogP contribution in [0.25, 0.3) is 0 Å². The summed E-state index contributed by atoms with van der Waals surface area (Å²) in [4.78, 5) is 26.8. The largest absolute Gasteiger partial charge is 0.455 e. The number of rotatable bonds is 3. The second-order valence-electron chi connectivity index (χ2n) is 8.97. The van der Waals surface area contributed by atoms with Crippen LogP contribution in [0.1, 0.15) is 58.9 Å². The van der Waals surface area contributed by atoms with Crippen LogP contribution in [0.5, 0.6) is 0 Å². The van der Waals surface area contributed by atoms with Crippen molar-refractivity contribution in [2.24, 2.45) is 17.3 Å². The smallest absolute Gasteiger partial charge is 0.309 e. The number of hydrogen-bond acceptors (Lipinski definition) is 3. The summed E-state index contributed by atoms with van der Waals surface area (Å²) in [5, 5.41) is 0. The van der Waals surface area contributed by atoms with Gasteiger partial charge in [-0.05, 0) is 62.0 Å². The van der Waals surface area contributed by atoms with Crippen molar-refractivity contribution in [1.82, 2.24) is 0 Å². The van der Waals surface area contributed by atoms with E-state index in [1.54, 1.807) is 4.90 Å². The van der Waals surface area contributed by atoms with E-state index in [9.17, 15) is 9.59 Å². The molecule has 0 N–H and O–H groups in total. The predicted molar refractivity (Wildman–Crippen MR) is 103 cm³/mol.